The zero-order valence-corrected chi connectivity index (χ0v) is 15.6. The van der Waals surface area contributed by atoms with Crippen LogP contribution in [0.2, 0.25) is 10.0 Å². The van der Waals surface area contributed by atoms with Crippen molar-refractivity contribution >= 4 is 45.6 Å². The fraction of sp³-hybridized carbons (Fsp3) is 0.111. The van der Waals surface area contributed by atoms with Crippen molar-refractivity contribution < 1.29 is 9.53 Å². The minimum atomic E-state index is -0.277. The number of ether oxygens (including phenoxy) is 1. The Balaban J connectivity index is 1.64. The van der Waals surface area contributed by atoms with Gasteiger partial charge in [-0.05, 0) is 43.3 Å². The van der Waals surface area contributed by atoms with Crippen molar-refractivity contribution in [3.05, 3.63) is 63.5 Å². The maximum absolute atomic E-state index is 12.0. The molecule has 1 heterocycles. The minimum Gasteiger partial charge on any atom is -0.484 e. The lowest BCUT2D eigenvalue weighted by molar-refractivity contribution is -0.118. The zero-order valence-electron chi connectivity index (χ0n) is 13.3. The summed E-state index contributed by atoms with van der Waals surface area (Å²) < 4.78 is 5.42. The Labute approximate surface area is 159 Å². The van der Waals surface area contributed by atoms with Gasteiger partial charge in [-0.2, -0.15) is 0 Å². The number of aromatic nitrogens is 1. The Morgan fingerprint density at radius 1 is 1.16 bits per heavy atom. The number of rotatable bonds is 5. The van der Waals surface area contributed by atoms with Crippen LogP contribution in [0.15, 0.2) is 48.5 Å². The molecule has 7 heteroatoms. The average Bonchev–Trinajstić information content (AvgIpc) is 2.94. The quantitative estimate of drug-likeness (QED) is 0.628. The number of hydrogen-bond donors (Lipinski definition) is 1. The molecule has 0 aliphatic rings. The summed E-state index contributed by atoms with van der Waals surface area (Å²) in [4.78, 5) is 17.5. The molecule has 0 unspecified atom stereocenters. The van der Waals surface area contributed by atoms with Crippen LogP contribution >= 0.6 is 34.5 Å². The fourth-order valence-electron chi connectivity index (χ4n) is 2.19. The summed E-state index contributed by atoms with van der Waals surface area (Å²) in [7, 11) is 0. The highest BCUT2D eigenvalue weighted by atomic mass is 35.5. The molecule has 4 nitrogen and oxygen atoms in total. The van der Waals surface area contributed by atoms with Gasteiger partial charge >= 0.3 is 0 Å². The molecule has 0 radical (unpaired) electrons. The predicted molar refractivity (Wildman–Crippen MR) is 103 cm³/mol. The molecule has 1 amide bonds. The molecule has 0 aliphatic carbocycles. The van der Waals surface area contributed by atoms with Crippen LogP contribution in [0.5, 0.6) is 5.75 Å². The number of thiazole rings is 1. The number of anilines is 1. The van der Waals surface area contributed by atoms with Crippen molar-refractivity contribution in [3.63, 3.8) is 0 Å². The Bertz CT molecular complexity index is 894. The normalized spacial score (nSPS) is 10.5. The van der Waals surface area contributed by atoms with Gasteiger partial charge in [0, 0.05) is 20.5 Å². The molecule has 128 valence electrons. The summed E-state index contributed by atoms with van der Waals surface area (Å²) in [5, 5.41) is 4.54. The third-order valence-electron chi connectivity index (χ3n) is 3.32. The Morgan fingerprint density at radius 2 is 1.92 bits per heavy atom. The van der Waals surface area contributed by atoms with Crippen molar-refractivity contribution in [2.75, 3.05) is 11.9 Å². The first-order chi connectivity index (χ1) is 12.0. The second kappa shape index (κ2) is 7.87. The first-order valence-electron chi connectivity index (χ1n) is 7.43. The number of hydrogen-bond acceptors (Lipinski definition) is 4. The van der Waals surface area contributed by atoms with Gasteiger partial charge in [0.15, 0.2) is 11.7 Å². The molecule has 3 rings (SSSR count). The van der Waals surface area contributed by atoms with E-state index in [9.17, 15) is 4.79 Å². The molecule has 0 atom stereocenters. The standard InChI is InChI=1S/C18H14Cl2N2O2S/c1-11-17(12-3-2-4-14(20)9-12)22-18(25-11)21-16(23)10-24-15-7-5-13(19)6-8-15/h2-9H,10H2,1H3,(H,21,22,23). The van der Waals surface area contributed by atoms with Crippen LogP contribution in [0.25, 0.3) is 11.3 Å². The number of halogens is 2. The van der Waals surface area contributed by atoms with E-state index in [4.69, 9.17) is 27.9 Å². The van der Waals surface area contributed by atoms with E-state index in [2.05, 4.69) is 10.3 Å². The van der Waals surface area contributed by atoms with E-state index in [0.29, 0.717) is 20.9 Å². The van der Waals surface area contributed by atoms with Crippen molar-refractivity contribution in [2.45, 2.75) is 6.92 Å². The van der Waals surface area contributed by atoms with E-state index in [0.717, 1.165) is 16.1 Å². The number of benzene rings is 2. The SMILES string of the molecule is Cc1sc(NC(=O)COc2ccc(Cl)cc2)nc1-c1cccc(Cl)c1. The van der Waals surface area contributed by atoms with E-state index in [1.54, 1.807) is 24.3 Å². The van der Waals surface area contributed by atoms with E-state index < -0.39 is 0 Å². The molecule has 25 heavy (non-hydrogen) atoms. The minimum absolute atomic E-state index is 0.104. The van der Waals surface area contributed by atoms with E-state index in [1.807, 2.05) is 31.2 Å². The molecule has 0 aliphatic heterocycles. The van der Waals surface area contributed by atoms with Gasteiger partial charge in [-0.1, -0.05) is 35.3 Å². The molecule has 2 aromatic carbocycles. The molecule has 0 fully saturated rings. The fourth-order valence-corrected chi connectivity index (χ4v) is 3.36. The molecule has 1 N–H and O–H groups in total. The third kappa shape index (κ3) is 4.72. The van der Waals surface area contributed by atoms with Crippen LogP contribution in [0.3, 0.4) is 0 Å². The van der Waals surface area contributed by atoms with Gasteiger partial charge < -0.3 is 4.74 Å². The second-order valence-corrected chi connectivity index (χ2v) is 7.30. The van der Waals surface area contributed by atoms with Gasteiger partial charge in [0.25, 0.3) is 5.91 Å². The number of nitrogens with zero attached hydrogens (tertiary/aromatic N) is 1. The van der Waals surface area contributed by atoms with Crippen molar-refractivity contribution in [1.82, 2.24) is 4.98 Å². The van der Waals surface area contributed by atoms with Gasteiger partial charge in [-0.15, -0.1) is 11.3 Å². The highest BCUT2D eigenvalue weighted by Gasteiger charge is 2.12. The number of amides is 1. The van der Waals surface area contributed by atoms with Crippen LogP contribution in [0.1, 0.15) is 4.88 Å². The molecule has 0 saturated heterocycles. The highest BCUT2D eigenvalue weighted by Crippen LogP contribution is 2.31. The first-order valence-corrected chi connectivity index (χ1v) is 9.00. The summed E-state index contributed by atoms with van der Waals surface area (Å²) in [6.07, 6.45) is 0. The van der Waals surface area contributed by atoms with Gasteiger partial charge in [0.2, 0.25) is 0 Å². The van der Waals surface area contributed by atoms with E-state index in [1.165, 1.54) is 11.3 Å². The van der Waals surface area contributed by atoms with E-state index >= 15 is 0 Å². The van der Waals surface area contributed by atoms with Crippen molar-refractivity contribution in [2.24, 2.45) is 0 Å². The van der Waals surface area contributed by atoms with Crippen LogP contribution < -0.4 is 10.1 Å². The molecular weight excluding hydrogens is 379 g/mol. The smallest absolute Gasteiger partial charge is 0.264 e. The van der Waals surface area contributed by atoms with Crippen LogP contribution in [0.4, 0.5) is 5.13 Å². The monoisotopic (exact) mass is 392 g/mol. The molecule has 3 aromatic rings. The Kier molecular flexibility index (Phi) is 5.58. The number of carbonyl (C=O) groups excluding carboxylic acids is 1. The maximum atomic E-state index is 12.0. The molecule has 1 aromatic heterocycles. The number of nitrogens with one attached hydrogen (secondary N) is 1. The second-order valence-electron chi connectivity index (χ2n) is 5.22. The summed E-state index contributed by atoms with van der Waals surface area (Å²) in [6.45, 7) is 1.85. The number of carbonyl (C=O) groups is 1. The van der Waals surface area contributed by atoms with Gasteiger partial charge in [0.1, 0.15) is 5.75 Å². The van der Waals surface area contributed by atoms with Gasteiger partial charge in [-0.3, -0.25) is 10.1 Å². The highest BCUT2D eigenvalue weighted by molar-refractivity contribution is 7.16. The summed E-state index contributed by atoms with van der Waals surface area (Å²) in [5.74, 6) is 0.302. The predicted octanol–water partition coefficient (Wildman–Crippen LogP) is 5.44. The molecule has 0 saturated carbocycles. The lowest BCUT2D eigenvalue weighted by Crippen LogP contribution is -2.20. The Morgan fingerprint density at radius 3 is 2.64 bits per heavy atom. The van der Waals surface area contributed by atoms with Crippen LogP contribution in [0, 0.1) is 6.92 Å². The average molecular weight is 393 g/mol. The molecule has 0 bridgehead atoms. The maximum Gasteiger partial charge on any atom is 0.264 e. The number of aryl methyl sites for hydroxylation is 1. The van der Waals surface area contributed by atoms with Crippen molar-refractivity contribution in [1.29, 1.82) is 0 Å². The van der Waals surface area contributed by atoms with Crippen molar-refractivity contribution in [3.8, 4) is 17.0 Å². The lowest BCUT2D eigenvalue weighted by Gasteiger charge is -2.05. The topological polar surface area (TPSA) is 51.2 Å². The van der Waals surface area contributed by atoms with E-state index in [-0.39, 0.29) is 12.5 Å². The van der Waals surface area contributed by atoms with Crippen LogP contribution in [-0.2, 0) is 4.79 Å². The van der Waals surface area contributed by atoms with Crippen LogP contribution in [-0.4, -0.2) is 17.5 Å². The third-order valence-corrected chi connectivity index (χ3v) is 4.70. The largest absolute Gasteiger partial charge is 0.484 e. The lowest BCUT2D eigenvalue weighted by atomic mass is 10.1. The first kappa shape index (κ1) is 17.7. The summed E-state index contributed by atoms with van der Waals surface area (Å²) in [5.41, 5.74) is 1.72. The Hall–Kier alpha value is -2.08. The molecular formula is C18H14Cl2N2O2S. The zero-order chi connectivity index (χ0) is 17.8. The molecule has 0 spiro atoms. The summed E-state index contributed by atoms with van der Waals surface area (Å²) in [6, 6.07) is 14.3. The summed E-state index contributed by atoms with van der Waals surface area (Å²) >= 11 is 13.2. The van der Waals surface area contributed by atoms with Gasteiger partial charge in [-0.25, -0.2) is 4.98 Å². The van der Waals surface area contributed by atoms with Gasteiger partial charge in [0.05, 0.1) is 5.69 Å².